The summed E-state index contributed by atoms with van der Waals surface area (Å²) in [7, 11) is 1.80. The minimum absolute atomic E-state index is 0.341. The van der Waals surface area contributed by atoms with Crippen molar-refractivity contribution in [3.63, 3.8) is 0 Å². The molecule has 0 bridgehead atoms. The molecule has 0 saturated carbocycles. The summed E-state index contributed by atoms with van der Waals surface area (Å²) in [5.41, 5.74) is 1.15. The molecule has 5 heteroatoms. The molecule has 2 N–H and O–H groups in total. The molecule has 110 valence electrons. The van der Waals surface area contributed by atoms with Crippen LogP contribution < -0.4 is 10.6 Å². The first-order valence-electron chi connectivity index (χ1n) is 6.94. The number of rotatable bonds is 4. The SMILES string of the molecule is CN=C(NCc1cccc(Cl)c1)NCC1(C)CCCS1. The van der Waals surface area contributed by atoms with Gasteiger partial charge in [-0.2, -0.15) is 11.8 Å². The molecule has 1 unspecified atom stereocenters. The largest absolute Gasteiger partial charge is 0.355 e. The number of benzene rings is 1. The van der Waals surface area contributed by atoms with Crippen molar-refractivity contribution >= 4 is 29.3 Å². The molecule has 0 radical (unpaired) electrons. The van der Waals surface area contributed by atoms with Crippen LogP contribution in [0.5, 0.6) is 0 Å². The van der Waals surface area contributed by atoms with E-state index in [9.17, 15) is 0 Å². The summed E-state index contributed by atoms with van der Waals surface area (Å²) in [5, 5.41) is 7.51. The van der Waals surface area contributed by atoms with Crippen LogP contribution in [0, 0.1) is 0 Å². The van der Waals surface area contributed by atoms with Gasteiger partial charge in [-0.3, -0.25) is 4.99 Å². The number of hydrogen-bond acceptors (Lipinski definition) is 2. The van der Waals surface area contributed by atoms with Gasteiger partial charge in [0.25, 0.3) is 0 Å². The van der Waals surface area contributed by atoms with Crippen LogP contribution in [0.15, 0.2) is 29.3 Å². The number of nitrogens with one attached hydrogen (secondary N) is 2. The van der Waals surface area contributed by atoms with Gasteiger partial charge < -0.3 is 10.6 Å². The second kappa shape index (κ2) is 7.23. The Morgan fingerprint density at radius 1 is 1.45 bits per heavy atom. The minimum atomic E-state index is 0.341. The standard InChI is InChI=1S/C15H22ClN3S/c1-15(7-4-8-20-15)11-19-14(17-2)18-10-12-5-3-6-13(16)9-12/h3,5-6,9H,4,7-8,10-11H2,1-2H3,(H2,17,18,19). The lowest BCUT2D eigenvalue weighted by Crippen LogP contribution is -2.43. The van der Waals surface area contributed by atoms with Crippen LogP contribution in [-0.2, 0) is 6.54 Å². The lowest BCUT2D eigenvalue weighted by Gasteiger charge is -2.24. The van der Waals surface area contributed by atoms with Crippen molar-refractivity contribution in [1.82, 2.24) is 10.6 Å². The third-order valence-corrected chi connectivity index (χ3v) is 5.28. The zero-order valence-corrected chi connectivity index (χ0v) is 13.7. The number of aliphatic imine (C=N–C) groups is 1. The Morgan fingerprint density at radius 2 is 2.30 bits per heavy atom. The van der Waals surface area contributed by atoms with Crippen LogP contribution in [0.25, 0.3) is 0 Å². The first-order chi connectivity index (χ1) is 9.61. The third kappa shape index (κ3) is 4.60. The van der Waals surface area contributed by atoms with E-state index in [1.807, 2.05) is 18.2 Å². The molecule has 0 aliphatic carbocycles. The molecule has 3 nitrogen and oxygen atoms in total. The van der Waals surface area contributed by atoms with Gasteiger partial charge in [-0.25, -0.2) is 0 Å². The maximum Gasteiger partial charge on any atom is 0.191 e. The molecule has 1 atom stereocenters. The summed E-state index contributed by atoms with van der Waals surface area (Å²) >= 11 is 8.03. The number of halogens is 1. The van der Waals surface area contributed by atoms with Gasteiger partial charge in [0.1, 0.15) is 0 Å². The fourth-order valence-corrected chi connectivity index (χ4v) is 3.76. The van der Waals surface area contributed by atoms with Gasteiger partial charge in [0, 0.05) is 29.9 Å². The summed E-state index contributed by atoms with van der Waals surface area (Å²) in [6.45, 7) is 4.00. The van der Waals surface area contributed by atoms with Crippen LogP contribution in [0.4, 0.5) is 0 Å². The van der Waals surface area contributed by atoms with Crippen LogP contribution in [-0.4, -0.2) is 30.1 Å². The molecular weight excluding hydrogens is 290 g/mol. The molecule has 1 aliphatic heterocycles. The first-order valence-corrected chi connectivity index (χ1v) is 8.31. The van der Waals surface area contributed by atoms with E-state index in [4.69, 9.17) is 11.6 Å². The molecule has 1 fully saturated rings. The average Bonchev–Trinajstić information content (AvgIpc) is 2.86. The zero-order valence-electron chi connectivity index (χ0n) is 12.1. The van der Waals surface area contributed by atoms with E-state index in [1.165, 1.54) is 18.6 Å². The molecule has 1 aromatic rings. The van der Waals surface area contributed by atoms with Crippen molar-refractivity contribution in [3.05, 3.63) is 34.9 Å². The predicted molar refractivity (Wildman–Crippen MR) is 89.8 cm³/mol. The van der Waals surface area contributed by atoms with E-state index in [0.717, 1.165) is 29.6 Å². The Labute approximate surface area is 130 Å². The van der Waals surface area contributed by atoms with E-state index in [-0.39, 0.29) is 0 Å². The Bertz CT molecular complexity index is 470. The van der Waals surface area contributed by atoms with Gasteiger partial charge in [-0.1, -0.05) is 23.7 Å². The Hall–Kier alpha value is -0.870. The van der Waals surface area contributed by atoms with E-state index in [2.05, 4.69) is 40.4 Å². The smallest absolute Gasteiger partial charge is 0.191 e. The Balaban J connectivity index is 1.81. The van der Waals surface area contributed by atoms with E-state index < -0.39 is 0 Å². The molecule has 1 saturated heterocycles. The Kier molecular flexibility index (Phi) is 5.61. The topological polar surface area (TPSA) is 36.4 Å². The van der Waals surface area contributed by atoms with Crippen molar-refractivity contribution in [3.8, 4) is 0 Å². The highest BCUT2D eigenvalue weighted by Crippen LogP contribution is 2.36. The molecule has 0 aromatic heterocycles. The van der Waals surface area contributed by atoms with Crippen LogP contribution in [0.3, 0.4) is 0 Å². The molecule has 1 aliphatic rings. The van der Waals surface area contributed by atoms with E-state index >= 15 is 0 Å². The zero-order chi connectivity index (χ0) is 14.4. The normalized spacial score (nSPS) is 22.9. The second-order valence-corrected chi connectivity index (χ2v) is 7.43. The van der Waals surface area contributed by atoms with Gasteiger partial charge in [0.2, 0.25) is 0 Å². The molecule has 0 amide bonds. The molecule has 1 heterocycles. The second-order valence-electron chi connectivity index (χ2n) is 5.31. The summed E-state index contributed by atoms with van der Waals surface area (Å²) in [6, 6.07) is 7.87. The fraction of sp³-hybridized carbons (Fsp3) is 0.533. The predicted octanol–water partition coefficient (Wildman–Crippen LogP) is 3.29. The number of nitrogens with zero attached hydrogens (tertiary/aromatic N) is 1. The lowest BCUT2D eigenvalue weighted by molar-refractivity contribution is 0.584. The number of guanidine groups is 1. The molecule has 1 aromatic carbocycles. The van der Waals surface area contributed by atoms with Crippen molar-refractivity contribution < 1.29 is 0 Å². The summed E-state index contributed by atoms with van der Waals surface area (Å²) < 4.78 is 0.341. The highest BCUT2D eigenvalue weighted by Gasteiger charge is 2.29. The molecule has 2 rings (SSSR count). The highest BCUT2D eigenvalue weighted by molar-refractivity contribution is 8.00. The monoisotopic (exact) mass is 311 g/mol. The highest BCUT2D eigenvalue weighted by atomic mass is 35.5. The molecule has 0 spiro atoms. The van der Waals surface area contributed by atoms with Crippen molar-refractivity contribution in [2.75, 3.05) is 19.3 Å². The van der Waals surface area contributed by atoms with E-state index in [1.54, 1.807) is 7.05 Å². The van der Waals surface area contributed by atoms with Gasteiger partial charge in [0.05, 0.1) is 0 Å². The first kappa shape index (κ1) is 15.5. The van der Waals surface area contributed by atoms with Gasteiger partial charge in [-0.15, -0.1) is 0 Å². The number of thioether (sulfide) groups is 1. The lowest BCUT2D eigenvalue weighted by atomic mass is 10.1. The van der Waals surface area contributed by atoms with Gasteiger partial charge >= 0.3 is 0 Å². The molecular formula is C15H22ClN3S. The summed E-state index contributed by atoms with van der Waals surface area (Å²) in [5.74, 6) is 2.12. The van der Waals surface area contributed by atoms with Crippen molar-refractivity contribution in [1.29, 1.82) is 0 Å². The van der Waals surface area contributed by atoms with Crippen molar-refractivity contribution in [2.24, 2.45) is 4.99 Å². The van der Waals surface area contributed by atoms with E-state index in [0.29, 0.717) is 4.75 Å². The Morgan fingerprint density at radius 3 is 2.95 bits per heavy atom. The quantitative estimate of drug-likeness (QED) is 0.662. The minimum Gasteiger partial charge on any atom is -0.355 e. The van der Waals surface area contributed by atoms with Crippen LogP contribution in [0.1, 0.15) is 25.3 Å². The maximum absolute atomic E-state index is 5.98. The van der Waals surface area contributed by atoms with Crippen LogP contribution >= 0.6 is 23.4 Å². The maximum atomic E-state index is 5.98. The summed E-state index contributed by atoms with van der Waals surface area (Å²) in [4.78, 5) is 4.27. The fourth-order valence-electron chi connectivity index (χ4n) is 2.30. The summed E-state index contributed by atoms with van der Waals surface area (Å²) in [6.07, 6.45) is 2.59. The molecule has 20 heavy (non-hydrogen) atoms. The average molecular weight is 312 g/mol. The number of hydrogen-bond donors (Lipinski definition) is 2. The van der Waals surface area contributed by atoms with Crippen LogP contribution in [0.2, 0.25) is 5.02 Å². The van der Waals surface area contributed by atoms with Crippen molar-refractivity contribution in [2.45, 2.75) is 31.1 Å². The van der Waals surface area contributed by atoms with Gasteiger partial charge in [0.15, 0.2) is 5.96 Å². The third-order valence-electron chi connectivity index (χ3n) is 3.50. The van der Waals surface area contributed by atoms with Gasteiger partial charge in [-0.05, 0) is 43.2 Å².